The van der Waals surface area contributed by atoms with Gasteiger partial charge in [-0.2, -0.15) is 0 Å². The van der Waals surface area contributed by atoms with Crippen molar-refractivity contribution in [2.45, 2.75) is 26.4 Å². The van der Waals surface area contributed by atoms with Crippen molar-refractivity contribution < 1.29 is 28.2 Å². The molecule has 26 heavy (non-hydrogen) atoms. The van der Waals surface area contributed by atoms with E-state index in [1.165, 1.54) is 36.4 Å². The van der Waals surface area contributed by atoms with Gasteiger partial charge in [-0.3, -0.25) is 0 Å². The van der Waals surface area contributed by atoms with Crippen molar-refractivity contribution in [1.82, 2.24) is 0 Å². The number of carbonyl (C=O) groups is 1. The number of phenols is 1. The zero-order valence-electron chi connectivity index (χ0n) is 14.4. The molecule has 4 nitrogen and oxygen atoms in total. The first-order valence-corrected chi connectivity index (χ1v) is 9.00. The third-order valence-corrected chi connectivity index (χ3v) is 3.82. The molecule has 8 heteroatoms. The van der Waals surface area contributed by atoms with Crippen LogP contribution < -0.4 is 4.74 Å². The molecule has 2 rings (SSSR count). The standard InChI is InChI=1S/C12H14BrFO3.C6H4BrFO/c1-12(2,3)17-11(15)7-16-10-5-4-8(14)6-9(10)13;7-5-3-4(8)1-2-6(5)9/h4-6H,7H2,1-3H3;1-3,9H. The van der Waals surface area contributed by atoms with E-state index in [9.17, 15) is 13.6 Å². The molecule has 0 radical (unpaired) electrons. The Morgan fingerprint density at radius 1 is 1.04 bits per heavy atom. The molecule has 0 aliphatic rings. The molecule has 0 amide bonds. The Kier molecular flexibility index (Phi) is 8.49. The molecule has 142 valence electrons. The molecule has 0 aliphatic carbocycles. The van der Waals surface area contributed by atoms with Gasteiger partial charge >= 0.3 is 5.97 Å². The van der Waals surface area contributed by atoms with Crippen LogP contribution in [0.3, 0.4) is 0 Å². The van der Waals surface area contributed by atoms with Crippen molar-refractivity contribution in [1.29, 1.82) is 0 Å². The maximum Gasteiger partial charge on any atom is 0.344 e. The molecule has 1 N–H and O–H groups in total. The first-order valence-electron chi connectivity index (χ1n) is 7.41. The van der Waals surface area contributed by atoms with E-state index in [1.54, 1.807) is 20.8 Å². The van der Waals surface area contributed by atoms with E-state index in [2.05, 4.69) is 31.9 Å². The molecule has 0 spiro atoms. The number of carbonyl (C=O) groups excluding carboxylic acids is 1. The van der Waals surface area contributed by atoms with Crippen LogP contribution in [0.5, 0.6) is 11.5 Å². The maximum atomic E-state index is 12.8. The SMILES string of the molecule is CC(C)(C)OC(=O)COc1ccc(F)cc1Br.Oc1ccc(F)cc1Br. The predicted molar refractivity (Wildman–Crippen MR) is 101 cm³/mol. The van der Waals surface area contributed by atoms with Crippen LogP contribution in [0.25, 0.3) is 0 Å². The summed E-state index contributed by atoms with van der Waals surface area (Å²) in [5.41, 5.74) is -0.541. The number of ether oxygens (including phenoxy) is 2. The van der Waals surface area contributed by atoms with Gasteiger partial charge in [0.2, 0.25) is 0 Å². The van der Waals surface area contributed by atoms with E-state index >= 15 is 0 Å². The van der Waals surface area contributed by atoms with Gasteiger partial charge in [0.05, 0.1) is 8.95 Å². The number of esters is 1. The predicted octanol–water partition coefficient (Wildman–Crippen LogP) is 5.60. The Bertz CT molecular complexity index is 761. The van der Waals surface area contributed by atoms with Gasteiger partial charge in [-0.15, -0.1) is 0 Å². The summed E-state index contributed by atoms with van der Waals surface area (Å²) in [7, 11) is 0. The van der Waals surface area contributed by atoms with Gasteiger partial charge in [0.15, 0.2) is 6.61 Å². The molecule has 2 aromatic carbocycles. The molecule has 0 saturated carbocycles. The van der Waals surface area contributed by atoms with Crippen LogP contribution in [0.1, 0.15) is 20.8 Å². The Morgan fingerprint density at radius 3 is 2.04 bits per heavy atom. The van der Waals surface area contributed by atoms with Crippen LogP contribution in [0.4, 0.5) is 8.78 Å². The van der Waals surface area contributed by atoms with E-state index in [0.717, 1.165) is 0 Å². The lowest BCUT2D eigenvalue weighted by Crippen LogP contribution is -2.27. The summed E-state index contributed by atoms with van der Waals surface area (Å²) in [6, 6.07) is 7.66. The zero-order chi connectivity index (χ0) is 19.9. The normalized spacial score (nSPS) is 10.6. The molecule has 0 unspecified atom stereocenters. The fourth-order valence-electron chi connectivity index (χ4n) is 1.58. The highest BCUT2D eigenvalue weighted by Crippen LogP contribution is 2.25. The Morgan fingerprint density at radius 2 is 1.58 bits per heavy atom. The fourth-order valence-corrected chi connectivity index (χ4v) is 2.40. The summed E-state index contributed by atoms with van der Waals surface area (Å²) in [5.74, 6) is -0.747. The summed E-state index contributed by atoms with van der Waals surface area (Å²) < 4.78 is 36.1. The zero-order valence-corrected chi connectivity index (χ0v) is 17.5. The Hall–Kier alpha value is -1.67. The van der Waals surface area contributed by atoms with Crippen LogP contribution in [0.15, 0.2) is 45.3 Å². The Balaban J connectivity index is 0.000000314. The van der Waals surface area contributed by atoms with Crippen LogP contribution in [-0.2, 0) is 9.53 Å². The lowest BCUT2D eigenvalue weighted by molar-refractivity contribution is -0.157. The quantitative estimate of drug-likeness (QED) is 0.563. The number of phenolic OH excluding ortho intramolecular Hbond substituents is 1. The van der Waals surface area contributed by atoms with Crippen molar-refractivity contribution >= 4 is 37.8 Å². The summed E-state index contributed by atoms with van der Waals surface area (Å²) >= 11 is 6.10. The molecule has 0 aliphatic heterocycles. The topological polar surface area (TPSA) is 55.8 Å². The van der Waals surface area contributed by atoms with E-state index in [0.29, 0.717) is 14.7 Å². The minimum Gasteiger partial charge on any atom is -0.507 e. The lowest BCUT2D eigenvalue weighted by Gasteiger charge is -2.19. The minimum absolute atomic E-state index is 0.0522. The van der Waals surface area contributed by atoms with Crippen molar-refractivity contribution in [2.24, 2.45) is 0 Å². The van der Waals surface area contributed by atoms with Gasteiger partial charge in [-0.1, -0.05) is 0 Å². The van der Waals surface area contributed by atoms with Crippen LogP contribution in [0.2, 0.25) is 0 Å². The van der Waals surface area contributed by atoms with Crippen molar-refractivity contribution in [3.63, 3.8) is 0 Å². The molecule has 0 fully saturated rings. The number of hydrogen-bond donors (Lipinski definition) is 1. The molecule has 0 aromatic heterocycles. The summed E-state index contributed by atoms with van der Waals surface area (Å²) in [5, 5.41) is 8.83. The average Bonchev–Trinajstić information content (AvgIpc) is 2.49. The number of benzene rings is 2. The van der Waals surface area contributed by atoms with Gasteiger partial charge in [-0.05, 0) is 89.0 Å². The van der Waals surface area contributed by atoms with Gasteiger partial charge in [0.1, 0.15) is 28.7 Å². The second kappa shape index (κ2) is 9.87. The number of rotatable bonds is 3. The number of halogens is 4. The van der Waals surface area contributed by atoms with Crippen LogP contribution >= 0.6 is 31.9 Å². The lowest BCUT2D eigenvalue weighted by atomic mass is 10.2. The smallest absolute Gasteiger partial charge is 0.344 e. The van der Waals surface area contributed by atoms with Crippen LogP contribution in [0, 0.1) is 11.6 Å². The fraction of sp³-hybridized carbons (Fsp3) is 0.278. The van der Waals surface area contributed by atoms with E-state index in [-0.39, 0.29) is 24.0 Å². The molecule has 2 aromatic rings. The van der Waals surface area contributed by atoms with E-state index in [1.807, 2.05) is 0 Å². The van der Waals surface area contributed by atoms with Gasteiger partial charge in [-0.25, -0.2) is 13.6 Å². The second-order valence-corrected chi connectivity index (χ2v) is 7.75. The van der Waals surface area contributed by atoms with E-state index in [4.69, 9.17) is 14.6 Å². The van der Waals surface area contributed by atoms with Crippen molar-refractivity contribution in [3.8, 4) is 11.5 Å². The van der Waals surface area contributed by atoms with Crippen molar-refractivity contribution in [2.75, 3.05) is 6.61 Å². The molecule has 0 bridgehead atoms. The van der Waals surface area contributed by atoms with Gasteiger partial charge in [0, 0.05) is 0 Å². The third-order valence-electron chi connectivity index (χ3n) is 2.57. The Labute approximate surface area is 167 Å². The first kappa shape index (κ1) is 22.4. The third kappa shape index (κ3) is 8.62. The first-order chi connectivity index (χ1) is 12.0. The average molecular weight is 496 g/mol. The van der Waals surface area contributed by atoms with Gasteiger partial charge < -0.3 is 14.6 Å². The number of hydrogen-bond acceptors (Lipinski definition) is 4. The molecular formula is C18H18Br2F2O4. The highest BCUT2D eigenvalue weighted by molar-refractivity contribution is 9.10. The molecule has 0 atom stereocenters. The van der Waals surface area contributed by atoms with Gasteiger partial charge in [0.25, 0.3) is 0 Å². The van der Waals surface area contributed by atoms with Crippen LogP contribution in [-0.4, -0.2) is 23.3 Å². The highest BCUT2D eigenvalue weighted by Gasteiger charge is 2.17. The molecular weight excluding hydrogens is 478 g/mol. The monoisotopic (exact) mass is 494 g/mol. The summed E-state index contributed by atoms with van der Waals surface area (Å²) in [4.78, 5) is 11.4. The summed E-state index contributed by atoms with van der Waals surface area (Å²) in [6.45, 7) is 5.12. The molecule has 0 heterocycles. The summed E-state index contributed by atoms with van der Waals surface area (Å²) in [6.07, 6.45) is 0. The minimum atomic E-state index is -0.541. The van der Waals surface area contributed by atoms with E-state index < -0.39 is 11.6 Å². The maximum absolute atomic E-state index is 12.8. The number of aromatic hydroxyl groups is 1. The second-order valence-electron chi connectivity index (χ2n) is 6.05. The highest BCUT2D eigenvalue weighted by atomic mass is 79.9. The largest absolute Gasteiger partial charge is 0.507 e. The molecule has 0 saturated heterocycles. The van der Waals surface area contributed by atoms with Crippen molar-refractivity contribution in [3.05, 3.63) is 57.0 Å².